The highest BCUT2D eigenvalue weighted by Crippen LogP contribution is 2.17. The Morgan fingerprint density at radius 3 is 2.68 bits per heavy atom. The lowest BCUT2D eigenvalue weighted by Crippen LogP contribution is -2.21. The van der Waals surface area contributed by atoms with E-state index in [2.05, 4.69) is 29.1 Å². The lowest BCUT2D eigenvalue weighted by atomic mass is 10.00. The first kappa shape index (κ1) is 15.9. The van der Waals surface area contributed by atoms with Crippen molar-refractivity contribution in [3.05, 3.63) is 17.6 Å². The van der Waals surface area contributed by atoms with Gasteiger partial charge in [-0.3, -0.25) is 0 Å². The molecule has 1 aromatic rings. The van der Waals surface area contributed by atoms with Gasteiger partial charge in [0.2, 0.25) is 0 Å². The Hall–Kier alpha value is -1.16. The molecule has 0 aromatic carbocycles. The molecule has 0 fully saturated rings. The van der Waals surface area contributed by atoms with Crippen molar-refractivity contribution < 1.29 is 5.11 Å². The summed E-state index contributed by atoms with van der Waals surface area (Å²) in [6.45, 7) is 9.88. The van der Waals surface area contributed by atoms with E-state index in [0.29, 0.717) is 6.04 Å². The van der Waals surface area contributed by atoms with Crippen LogP contribution in [0, 0.1) is 6.92 Å². The molecule has 0 radical (unpaired) electrons. The predicted octanol–water partition coefficient (Wildman–Crippen LogP) is 3.09. The molecule has 0 saturated heterocycles. The Labute approximate surface area is 116 Å². The summed E-state index contributed by atoms with van der Waals surface area (Å²) in [6.07, 6.45) is 5.68. The molecule has 0 aliphatic carbocycles. The fourth-order valence-corrected chi connectivity index (χ4v) is 2.03. The molecule has 0 bridgehead atoms. The van der Waals surface area contributed by atoms with E-state index in [4.69, 9.17) is 0 Å². The summed E-state index contributed by atoms with van der Waals surface area (Å²) in [6, 6.07) is 0.349. The smallest absolute Gasteiger partial charge is 0.133 e. The van der Waals surface area contributed by atoms with Crippen molar-refractivity contribution in [3.8, 4) is 0 Å². The minimum absolute atomic E-state index is 0.349. The zero-order valence-electron chi connectivity index (χ0n) is 12.8. The molecule has 1 aromatic heterocycles. The number of nitrogens with zero attached hydrogens (tertiary/aromatic N) is 2. The molecule has 1 heterocycles. The normalized spacial score (nSPS) is 13.4. The van der Waals surface area contributed by atoms with Crippen LogP contribution in [0.4, 0.5) is 5.82 Å². The van der Waals surface area contributed by atoms with Gasteiger partial charge in [-0.15, -0.1) is 0 Å². The average molecular weight is 265 g/mol. The van der Waals surface area contributed by atoms with Crippen LogP contribution in [0.3, 0.4) is 0 Å². The van der Waals surface area contributed by atoms with E-state index >= 15 is 0 Å². The second kappa shape index (κ2) is 6.85. The van der Waals surface area contributed by atoms with Gasteiger partial charge in [-0.1, -0.05) is 6.92 Å². The highest BCUT2D eigenvalue weighted by molar-refractivity contribution is 5.43. The molecule has 4 heteroatoms. The van der Waals surface area contributed by atoms with Crippen LogP contribution in [0.2, 0.25) is 0 Å². The standard InChI is InChI=1S/C15H27N3O/c1-6-13-10-16-12(3)18-14(13)17-11(2)8-7-9-15(4,5)19/h10-11,19H,6-9H2,1-5H3,(H,16,17,18). The number of aromatic nitrogens is 2. The first-order chi connectivity index (χ1) is 8.81. The van der Waals surface area contributed by atoms with Crippen LogP contribution in [0.5, 0.6) is 0 Å². The van der Waals surface area contributed by atoms with Crippen LogP contribution in [-0.4, -0.2) is 26.7 Å². The molecule has 0 amide bonds. The number of aliphatic hydroxyl groups is 1. The van der Waals surface area contributed by atoms with Crippen molar-refractivity contribution in [2.45, 2.75) is 71.9 Å². The van der Waals surface area contributed by atoms with Gasteiger partial charge >= 0.3 is 0 Å². The summed E-state index contributed by atoms with van der Waals surface area (Å²) in [5.74, 6) is 1.74. The highest BCUT2D eigenvalue weighted by Gasteiger charge is 2.13. The number of hydrogen-bond donors (Lipinski definition) is 2. The van der Waals surface area contributed by atoms with E-state index in [-0.39, 0.29) is 0 Å². The molecule has 2 N–H and O–H groups in total. The van der Waals surface area contributed by atoms with E-state index in [1.165, 1.54) is 0 Å². The quantitative estimate of drug-likeness (QED) is 0.795. The molecular formula is C15H27N3O. The average Bonchev–Trinajstić information content (AvgIpc) is 2.27. The predicted molar refractivity (Wildman–Crippen MR) is 79.4 cm³/mol. The number of hydrogen-bond acceptors (Lipinski definition) is 4. The van der Waals surface area contributed by atoms with Gasteiger partial charge < -0.3 is 10.4 Å². The Morgan fingerprint density at radius 2 is 2.11 bits per heavy atom. The van der Waals surface area contributed by atoms with E-state index < -0.39 is 5.60 Å². The van der Waals surface area contributed by atoms with Gasteiger partial charge in [0.25, 0.3) is 0 Å². The van der Waals surface area contributed by atoms with E-state index in [1.54, 1.807) is 0 Å². The second-order valence-corrected chi connectivity index (χ2v) is 5.89. The number of nitrogens with one attached hydrogen (secondary N) is 1. The van der Waals surface area contributed by atoms with Gasteiger partial charge in [0.1, 0.15) is 11.6 Å². The maximum absolute atomic E-state index is 9.70. The Kier molecular flexibility index (Phi) is 5.73. The van der Waals surface area contributed by atoms with Crippen molar-refractivity contribution in [1.82, 2.24) is 9.97 Å². The topological polar surface area (TPSA) is 58.0 Å². The summed E-state index contributed by atoms with van der Waals surface area (Å²) in [4.78, 5) is 8.70. The molecule has 19 heavy (non-hydrogen) atoms. The van der Waals surface area contributed by atoms with Crippen molar-refractivity contribution in [3.63, 3.8) is 0 Å². The number of anilines is 1. The summed E-state index contributed by atoms with van der Waals surface area (Å²) < 4.78 is 0. The summed E-state index contributed by atoms with van der Waals surface area (Å²) in [5.41, 5.74) is 0.583. The van der Waals surface area contributed by atoms with E-state index in [9.17, 15) is 5.11 Å². The van der Waals surface area contributed by atoms with Gasteiger partial charge in [0.15, 0.2) is 0 Å². The first-order valence-corrected chi connectivity index (χ1v) is 7.13. The molecule has 1 atom stereocenters. The van der Waals surface area contributed by atoms with Crippen LogP contribution in [0.25, 0.3) is 0 Å². The molecule has 0 saturated carbocycles. The van der Waals surface area contributed by atoms with Crippen molar-refractivity contribution >= 4 is 5.82 Å². The van der Waals surface area contributed by atoms with Crippen LogP contribution >= 0.6 is 0 Å². The van der Waals surface area contributed by atoms with Crippen LogP contribution in [0.1, 0.15) is 58.3 Å². The second-order valence-electron chi connectivity index (χ2n) is 5.89. The summed E-state index contributed by atoms with van der Waals surface area (Å²) >= 11 is 0. The minimum atomic E-state index is -0.570. The van der Waals surface area contributed by atoms with Gasteiger partial charge in [0.05, 0.1) is 5.60 Å². The third-order valence-electron chi connectivity index (χ3n) is 3.17. The Morgan fingerprint density at radius 1 is 1.42 bits per heavy atom. The molecule has 108 valence electrons. The van der Waals surface area contributed by atoms with Crippen molar-refractivity contribution in [1.29, 1.82) is 0 Å². The summed E-state index contributed by atoms with van der Waals surface area (Å²) in [5, 5.41) is 13.2. The lowest BCUT2D eigenvalue weighted by molar-refractivity contribution is 0.0680. The van der Waals surface area contributed by atoms with Gasteiger partial charge in [-0.25, -0.2) is 9.97 Å². The van der Waals surface area contributed by atoms with E-state index in [0.717, 1.165) is 42.9 Å². The van der Waals surface area contributed by atoms with Gasteiger partial charge in [-0.05, 0) is 53.4 Å². The van der Waals surface area contributed by atoms with Crippen LogP contribution in [-0.2, 0) is 6.42 Å². The third kappa shape index (κ3) is 6.01. The fourth-order valence-electron chi connectivity index (χ4n) is 2.03. The van der Waals surface area contributed by atoms with Crippen LogP contribution in [0.15, 0.2) is 6.20 Å². The number of aryl methyl sites for hydroxylation is 2. The Balaban J connectivity index is 2.52. The monoisotopic (exact) mass is 265 g/mol. The Bertz CT molecular complexity index is 399. The van der Waals surface area contributed by atoms with Crippen molar-refractivity contribution in [2.75, 3.05) is 5.32 Å². The minimum Gasteiger partial charge on any atom is -0.390 e. The SMILES string of the molecule is CCc1cnc(C)nc1NC(C)CCCC(C)(C)O. The molecule has 0 aliphatic heterocycles. The lowest BCUT2D eigenvalue weighted by Gasteiger charge is -2.20. The maximum atomic E-state index is 9.70. The molecule has 4 nitrogen and oxygen atoms in total. The first-order valence-electron chi connectivity index (χ1n) is 7.13. The number of rotatable bonds is 7. The van der Waals surface area contributed by atoms with Crippen LogP contribution < -0.4 is 5.32 Å². The third-order valence-corrected chi connectivity index (χ3v) is 3.17. The highest BCUT2D eigenvalue weighted by atomic mass is 16.3. The molecule has 0 aliphatic rings. The zero-order chi connectivity index (χ0) is 14.5. The van der Waals surface area contributed by atoms with E-state index in [1.807, 2.05) is 27.0 Å². The molecule has 1 rings (SSSR count). The largest absolute Gasteiger partial charge is 0.390 e. The molecular weight excluding hydrogens is 238 g/mol. The summed E-state index contributed by atoms with van der Waals surface area (Å²) in [7, 11) is 0. The van der Waals surface area contributed by atoms with Gasteiger partial charge in [0, 0.05) is 17.8 Å². The maximum Gasteiger partial charge on any atom is 0.133 e. The fraction of sp³-hybridized carbons (Fsp3) is 0.733. The zero-order valence-corrected chi connectivity index (χ0v) is 12.8. The molecule has 0 spiro atoms. The molecule has 1 unspecified atom stereocenters. The van der Waals surface area contributed by atoms with Crippen molar-refractivity contribution in [2.24, 2.45) is 0 Å². The van der Waals surface area contributed by atoms with Gasteiger partial charge in [-0.2, -0.15) is 0 Å².